The average Bonchev–Trinajstić information content (AvgIpc) is 3.23. The quantitative estimate of drug-likeness (QED) is 0.0852. The molecule has 1 N–H and O–H groups in total. The molecule has 0 aliphatic heterocycles. The minimum atomic E-state index is -7.22. The van der Waals surface area contributed by atoms with Gasteiger partial charge in [0.25, 0.3) is 0 Å². The molecule has 2 aliphatic carbocycles. The highest BCUT2D eigenvalue weighted by Crippen LogP contribution is 2.37. The van der Waals surface area contributed by atoms with Crippen molar-refractivity contribution < 1.29 is 92.7 Å². The Kier molecular flexibility index (Phi) is 13.7. The summed E-state index contributed by atoms with van der Waals surface area (Å²) in [4.78, 5) is 1.86. The highest BCUT2D eigenvalue weighted by Gasteiger charge is 2.52. The SMILES string of the molecule is C[NH+](C1CCC(C)(C)CC1)C1CCC(C)(C)CC1.Fc1c(F)c(F)c([B-](c2c(F)c(F)c(F)c(F)c2F)(c2c(F)c(F)c(F)c(F)c2F)c2c(F)c(F)c(F)c(F)c2F)c(F)c1F. The van der Waals surface area contributed by atoms with E-state index in [1.807, 2.05) is 4.90 Å². The molecule has 0 amide bonds. The molecule has 2 aliphatic rings. The van der Waals surface area contributed by atoms with Gasteiger partial charge in [-0.05, 0) is 62.2 Å². The Bertz CT molecular complexity index is 2040. The molecular formula is C41H34BF20N. The topological polar surface area (TPSA) is 4.44 Å². The molecule has 0 atom stereocenters. The number of benzene rings is 4. The van der Waals surface area contributed by atoms with E-state index in [1.54, 1.807) is 0 Å². The minimum Gasteiger partial charge on any atom is -0.333 e. The zero-order chi connectivity index (χ0) is 47.7. The van der Waals surface area contributed by atoms with E-state index < -0.39 is 144 Å². The van der Waals surface area contributed by atoms with Gasteiger partial charge in [-0.3, -0.25) is 0 Å². The van der Waals surface area contributed by atoms with Crippen LogP contribution < -0.4 is 26.8 Å². The van der Waals surface area contributed by atoms with Crippen LogP contribution >= 0.6 is 0 Å². The molecule has 2 saturated carbocycles. The summed E-state index contributed by atoms with van der Waals surface area (Å²) in [6, 6.07) is 1.90. The maximum atomic E-state index is 15.4. The van der Waals surface area contributed by atoms with Crippen molar-refractivity contribution in [2.45, 2.75) is 91.1 Å². The van der Waals surface area contributed by atoms with Gasteiger partial charge < -0.3 is 4.90 Å². The van der Waals surface area contributed by atoms with Gasteiger partial charge in [-0.25, -0.2) is 87.8 Å². The average molecular weight is 932 g/mol. The first-order valence-corrected chi connectivity index (χ1v) is 19.1. The van der Waals surface area contributed by atoms with Crippen molar-refractivity contribution in [2.24, 2.45) is 10.8 Å². The van der Waals surface area contributed by atoms with Gasteiger partial charge >= 0.3 is 0 Å². The number of hydrogen-bond donors (Lipinski definition) is 1. The Labute approximate surface area is 346 Å². The second kappa shape index (κ2) is 17.5. The molecule has 4 aromatic rings. The van der Waals surface area contributed by atoms with E-state index in [1.165, 1.54) is 51.4 Å². The summed E-state index contributed by atoms with van der Waals surface area (Å²) in [5.41, 5.74) is -13.1. The first kappa shape index (κ1) is 49.5. The van der Waals surface area contributed by atoms with Crippen LogP contribution in [0, 0.1) is 127 Å². The fourth-order valence-corrected chi connectivity index (χ4v) is 8.92. The van der Waals surface area contributed by atoms with Gasteiger partial charge in [0.15, 0.2) is 69.8 Å². The van der Waals surface area contributed by atoms with Gasteiger partial charge in [0.2, 0.25) is 0 Å². The zero-order valence-corrected chi connectivity index (χ0v) is 33.4. The molecule has 0 heterocycles. The lowest BCUT2D eigenvalue weighted by atomic mass is 9.12. The van der Waals surface area contributed by atoms with Crippen LogP contribution in [0.5, 0.6) is 0 Å². The van der Waals surface area contributed by atoms with Crippen LogP contribution in [0.2, 0.25) is 0 Å². The van der Waals surface area contributed by atoms with Gasteiger partial charge in [-0.15, -0.1) is 21.9 Å². The largest absolute Gasteiger partial charge is 0.333 e. The van der Waals surface area contributed by atoms with Crippen molar-refractivity contribution in [1.82, 2.24) is 0 Å². The van der Waals surface area contributed by atoms with Crippen LogP contribution in [0.1, 0.15) is 79.1 Å². The van der Waals surface area contributed by atoms with Crippen LogP contribution in [-0.2, 0) is 0 Å². The van der Waals surface area contributed by atoms with Crippen LogP contribution in [0.3, 0.4) is 0 Å². The van der Waals surface area contributed by atoms with Gasteiger partial charge in [0.05, 0.1) is 19.1 Å². The first-order valence-electron chi connectivity index (χ1n) is 19.1. The first-order chi connectivity index (χ1) is 29.0. The van der Waals surface area contributed by atoms with Crippen LogP contribution in [0.15, 0.2) is 0 Å². The summed E-state index contributed by atoms with van der Waals surface area (Å²) in [6.45, 7) is 9.78. The Morgan fingerprint density at radius 3 is 0.603 bits per heavy atom. The molecule has 0 saturated heterocycles. The Hall–Kier alpha value is -4.50. The smallest absolute Gasteiger partial charge is 0.200 e. The second-order valence-corrected chi connectivity index (χ2v) is 17.4. The standard InChI is InChI=1S/C24BF20.C17H33N/c26-5-1(6(27)14(35)21(42)13(5)34)25(2-7(28)15(36)22(43)16(37)8(2)29,3-9(30)17(38)23(44)18(39)10(3)31)4-11(32)19(40)24(45)20(41)12(4)33;1-16(2)10-6-14(7-11-16)18(5)15-8-12-17(3,4)13-9-15/h;14-15H,6-13H2,1-5H3/q-1;/p+1. The van der Waals surface area contributed by atoms with Crippen molar-refractivity contribution in [3.63, 3.8) is 0 Å². The van der Waals surface area contributed by atoms with Gasteiger partial charge in [-0.1, -0.05) is 27.7 Å². The molecule has 0 aromatic heterocycles. The zero-order valence-electron chi connectivity index (χ0n) is 33.4. The summed E-state index contributed by atoms with van der Waals surface area (Å²) in [5.74, 6) is -71.4. The molecule has 0 radical (unpaired) electrons. The third-order valence-electron chi connectivity index (χ3n) is 12.7. The fourth-order valence-electron chi connectivity index (χ4n) is 8.92. The Balaban J connectivity index is 0.000000345. The molecule has 22 heteroatoms. The molecule has 63 heavy (non-hydrogen) atoms. The van der Waals surface area contributed by atoms with Crippen molar-refractivity contribution in [1.29, 1.82) is 0 Å². The molecular weight excluding hydrogens is 897 g/mol. The van der Waals surface area contributed by atoms with E-state index in [0.717, 1.165) is 12.1 Å². The number of nitrogens with one attached hydrogen (secondary N) is 1. The molecule has 1 nitrogen and oxygen atoms in total. The Morgan fingerprint density at radius 1 is 0.302 bits per heavy atom. The van der Waals surface area contributed by atoms with E-state index >= 15 is 35.1 Å². The summed E-state index contributed by atoms with van der Waals surface area (Å²) in [5, 5.41) is 0. The normalized spacial score (nSPS) is 17.0. The molecule has 4 aromatic carbocycles. The predicted molar refractivity (Wildman–Crippen MR) is 188 cm³/mol. The highest BCUT2D eigenvalue weighted by atomic mass is 19.2. The summed E-state index contributed by atoms with van der Waals surface area (Å²) in [7, 11) is 2.48. The van der Waals surface area contributed by atoms with E-state index in [9.17, 15) is 52.7 Å². The fraction of sp³-hybridized carbons (Fsp3) is 0.415. The van der Waals surface area contributed by atoms with Gasteiger partial charge in [0.1, 0.15) is 52.7 Å². The third-order valence-corrected chi connectivity index (χ3v) is 12.7. The lowest BCUT2D eigenvalue weighted by molar-refractivity contribution is -0.934. The number of hydrogen-bond acceptors (Lipinski definition) is 0. The van der Waals surface area contributed by atoms with E-state index in [-0.39, 0.29) is 0 Å². The van der Waals surface area contributed by atoms with Crippen molar-refractivity contribution in [3.8, 4) is 0 Å². The predicted octanol–water partition coefficient (Wildman–Crippen LogP) is 9.28. The summed E-state index contributed by atoms with van der Waals surface area (Å²) < 4.78 is 294. The number of rotatable bonds is 6. The van der Waals surface area contributed by atoms with Crippen LogP contribution in [0.4, 0.5) is 87.8 Å². The molecule has 2 fully saturated rings. The molecule has 0 spiro atoms. The number of quaternary nitrogens is 1. The minimum absolute atomic E-state index is 0.616. The second-order valence-electron chi connectivity index (χ2n) is 17.4. The maximum Gasteiger partial charge on any atom is 0.200 e. The maximum absolute atomic E-state index is 15.4. The van der Waals surface area contributed by atoms with Crippen molar-refractivity contribution in [2.75, 3.05) is 7.05 Å². The van der Waals surface area contributed by atoms with Gasteiger partial charge in [-0.2, -0.15) is 0 Å². The van der Waals surface area contributed by atoms with Crippen LogP contribution in [-0.4, -0.2) is 25.3 Å². The highest BCUT2D eigenvalue weighted by molar-refractivity contribution is 7.20. The molecule has 346 valence electrons. The van der Waals surface area contributed by atoms with Gasteiger partial charge in [0, 0.05) is 0 Å². The van der Waals surface area contributed by atoms with Crippen LogP contribution in [0.25, 0.3) is 0 Å². The monoisotopic (exact) mass is 931 g/mol. The molecule has 0 unspecified atom stereocenters. The van der Waals surface area contributed by atoms with E-state index in [4.69, 9.17) is 0 Å². The van der Waals surface area contributed by atoms with Crippen molar-refractivity contribution >= 4 is 28.0 Å². The number of halogens is 20. The Morgan fingerprint density at radius 2 is 0.444 bits per heavy atom. The molecule has 6 rings (SSSR count). The summed E-state index contributed by atoms with van der Waals surface area (Å²) >= 11 is 0. The lowest BCUT2D eigenvalue weighted by Gasteiger charge is -2.44. The lowest BCUT2D eigenvalue weighted by Crippen LogP contribution is -3.17. The van der Waals surface area contributed by atoms with E-state index in [2.05, 4.69) is 34.7 Å². The third kappa shape index (κ3) is 8.14. The molecule has 0 bridgehead atoms. The van der Waals surface area contributed by atoms with Crippen molar-refractivity contribution in [3.05, 3.63) is 116 Å². The van der Waals surface area contributed by atoms with E-state index in [0.29, 0.717) is 10.8 Å². The summed E-state index contributed by atoms with van der Waals surface area (Å²) in [6.07, 6.45) is 4.36.